The second-order valence-corrected chi connectivity index (χ2v) is 16.9. The Kier molecular flexibility index (Phi) is 12.0. The number of amides is 1. The molecule has 3 aromatic carbocycles. The van der Waals surface area contributed by atoms with Gasteiger partial charge in [0.15, 0.2) is 12.3 Å². The van der Waals surface area contributed by atoms with Gasteiger partial charge in [-0.15, -0.1) is 0 Å². The summed E-state index contributed by atoms with van der Waals surface area (Å²) in [5, 5.41) is 10.9. The van der Waals surface area contributed by atoms with Crippen LogP contribution in [0.2, 0.25) is 0 Å². The van der Waals surface area contributed by atoms with E-state index in [0.29, 0.717) is 59.5 Å². The van der Waals surface area contributed by atoms with Crippen molar-refractivity contribution < 1.29 is 45.7 Å². The van der Waals surface area contributed by atoms with Gasteiger partial charge in [0.05, 0.1) is 31.1 Å². The minimum Gasteiger partial charge on any atom is -0.497 e. The van der Waals surface area contributed by atoms with Gasteiger partial charge in [0.1, 0.15) is 5.75 Å². The number of piperidine rings is 1. The van der Waals surface area contributed by atoms with Crippen molar-refractivity contribution in [2.24, 2.45) is 5.41 Å². The zero-order chi connectivity index (χ0) is 41.4. The fourth-order valence-electron chi connectivity index (χ4n) is 9.07. The van der Waals surface area contributed by atoms with Gasteiger partial charge in [-0.25, -0.2) is 13.2 Å². The molecule has 58 heavy (non-hydrogen) atoms. The number of nitrogens with zero attached hydrogens (tertiary/aromatic N) is 2. The number of aliphatic hydroxyl groups is 1. The molecule has 0 radical (unpaired) electrons. The minimum absolute atomic E-state index is 0.00354. The average molecular weight is 809 g/mol. The van der Waals surface area contributed by atoms with Crippen molar-refractivity contribution in [2.45, 2.75) is 114 Å². The Balaban J connectivity index is 1.33. The lowest BCUT2D eigenvalue weighted by atomic mass is 9.68. The molecule has 12 heteroatoms. The Bertz CT molecular complexity index is 2040. The van der Waals surface area contributed by atoms with Crippen LogP contribution in [-0.4, -0.2) is 47.0 Å². The number of alkyl halides is 6. The lowest BCUT2D eigenvalue weighted by Crippen LogP contribution is -2.41. The zero-order valence-electron chi connectivity index (χ0n) is 33.0. The molecule has 7 rings (SSSR count). The van der Waals surface area contributed by atoms with Crippen molar-refractivity contribution in [3.05, 3.63) is 129 Å². The maximum atomic E-state index is 17.7. The number of carbonyl (C=O) groups is 1. The molecule has 1 aromatic heterocycles. The number of aromatic nitrogens is 1. The number of hydrogen-bond acceptors (Lipinski definition) is 5. The molecule has 2 aliphatic carbocycles. The summed E-state index contributed by atoms with van der Waals surface area (Å²) in [6, 6.07) is 20.1. The predicted octanol–water partition coefficient (Wildman–Crippen LogP) is 11.1. The number of carbonyl (C=O) groups excluding carboxylic acids is 1. The van der Waals surface area contributed by atoms with Crippen LogP contribution in [0.5, 0.6) is 5.75 Å². The molecule has 6 nitrogen and oxygen atoms in total. The minimum atomic E-state index is -4.62. The first-order chi connectivity index (χ1) is 27.5. The van der Waals surface area contributed by atoms with Gasteiger partial charge < -0.3 is 19.5 Å². The first-order valence-electron chi connectivity index (χ1n) is 20.1. The van der Waals surface area contributed by atoms with E-state index in [1.165, 1.54) is 0 Å². The molecule has 3 aliphatic rings. The number of benzene rings is 3. The number of halogens is 6. The second-order valence-electron chi connectivity index (χ2n) is 16.9. The molecule has 1 N–H and O–H groups in total. The third-order valence-corrected chi connectivity index (χ3v) is 12.2. The predicted molar refractivity (Wildman–Crippen MR) is 207 cm³/mol. The maximum Gasteiger partial charge on any atom is 0.416 e. The van der Waals surface area contributed by atoms with Gasteiger partial charge in [0.2, 0.25) is 5.92 Å². The molecule has 0 spiro atoms. The van der Waals surface area contributed by atoms with Crippen LogP contribution in [0.3, 0.4) is 0 Å². The normalized spacial score (nSPS) is 20.9. The van der Waals surface area contributed by atoms with Gasteiger partial charge in [-0.3, -0.25) is 9.78 Å². The van der Waals surface area contributed by atoms with E-state index < -0.39 is 47.9 Å². The van der Waals surface area contributed by atoms with Crippen molar-refractivity contribution in [3.8, 4) is 5.75 Å². The molecule has 1 amide bonds. The first-order valence-corrected chi connectivity index (χ1v) is 20.1. The van der Waals surface area contributed by atoms with Crippen LogP contribution in [0.25, 0.3) is 0 Å². The topological polar surface area (TPSA) is 71.9 Å². The van der Waals surface area contributed by atoms with Crippen LogP contribution in [0, 0.1) is 5.41 Å². The Morgan fingerprint density at radius 2 is 1.52 bits per heavy atom. The van der Waals surface area contributed by atoms with Crippen molar-refractivity contribution in [2.75, 3.05) is 20.2 Å². The van der Waals surface area contributed by atoms with Gasteiger partial charge >= 0.3 is 6.18 Å². The third-order valence-electron chi connectivity index (χ3n) is 12.2. The Labute approximate surface area is 335 Å². The highest BCUT2D eigenvalue weighted by Crippen LogP contribution is 2.53. The van der Waals surface area contributed by atoms with E-state index >= 15 is 4.39 Å². The van der Waals surface area contributed by atoms with Crippen molar-refractivity contribution >= 4 is 5.91 Å². The number of rotatable bonds is 10. The van der Waals surface area contributed by atoms with Gasteiger partial charge in [0, 0.05) is 48.7 Å². The van der Waals surface area contributed by atoms with Crippen LogP contribution in [0.4, 0.5) is 26.3 Å². The van der Waals surface area contributed by atoms with Crippen LogP contribution >= 0.6 is 0 Å². The van der Waals surface area contributed by atoms with Crippen LogP contribution in [0.15, 0.2) is 78.9 Å². The van der Waals surface area contributed by atoms with E-state index in [9.17, 15) is 31.9 Å². The fourth-order valence-corrected chi connectivity index (χ4v) is 9.07. The number of aliphatic hydroxyl groups excluding tert-OH is 1. The molecule has 2 heterocycles. The van der Waals surface area contributed by atoms with Gasteiger partial charge in [-0.2, -0.15) is 13.2 Å². The molecule has 1 saturated heterocycles. The standard InChI is InChI=1S/C46H50F6N2O4/c1-44(2)25-35-38(36(26-44)58-27-28-9-15-34(57-3)16-10-28)37(29-17-21-45(48,49)22-18-29)39(40(47)30-11-13-33(14-12-30)46(50,51)52)41(53-35)31-19-23-54(24-20-31)43(56)42(55)32-7-5-4-6-8-32/h4-16,29,31,36,40,42,55H,17-27H2,1-3H3/t36-,40-,42?/m0/s1. The zero-order valence-corrected chi connectivity index (χ0v) is 33.0. The second kappa shape index (κ2) is 16.7. The monoisotopic (exact) mass is 808 g/mol. The van der Waals surface area contributed by atoms with Gasteiger partial charge in [-0.1, -0.05) is 68.4 Å². The van der Waals surface area contributed by atoms with Crippen LogP contribution < -0.4 is 4.74 Å². The van der Waals surface area contributed by atoms with Gasteiger partial charge in [-0.05, 0) is 96.4 Å². The smallest absolute Gasteiger partial charge is 0.416 e. The molecule has 1 aliphatic heterocycles. The summed E-state index contributed by atoms with van der Waals surface area (Å²) >= 11 is 0. The van der Waals surface area contributed by atoms with E-state index in [0.717, 1.165) is 29.8 Å². The first kappa shape index (κ1) is 41.7. The van der Waals surface area contributed by atoms with E-state index in [1.807, 2.05) is 24.3 Å². The highest BCUT2D eigenvalue weighted by molar-refractivity contribution is 5.82. The molecule has 2 fully saturated rings. The summed E-state index contributed by atoms with van der Waals surface area (Å²) < 4.78 is 100. The lowest BCUT2D eigenvalue weighted by Gasteiger charge is -2.42. The van der Waals surface area contributed by atoms with E-state index in [2.05, 4.69) is 13.8 Å². The van der Waals surface area contributed by atoms with Crippen molar-refractivity contribution in [1.82, 2.24) is 9.88 Å². The van der Waals surface area contributed by atoms with Crippen molar-refractivity contribution in [1.29, 1.82) is 0 Å². The van der Waals surface area contributed by atoms with E-state index in [-0.39, 0.29) is 67.8 Å². The number of pyridine rings is 1. The molecule has 1 unspecified atom stereocenters. The largest absolute Gasteiger partial charge is 0.497 e. The summed E-state index contributed by atoms with van der Waals surface area (Å²) in [5.74, 6) is -3.47. The lowest BCUT2D eigenvalue weighted by molar-refractivity contribution is -0.141. The highest BCUT2D eigenvalue weighted by Gasteiger charge is 2.44. The molecule has 1 saturated carbocycles. The quantitative estimate of drug-likeness (QED) is 0.162. The Hall–Kier alpha value is -4.42. The summed E-state index contributed by atoms with van der Waals surface area (Å²) in [4.78, 5) is 20.3. The summed E-state index contributed by atoms with van der Waals surface area (Å²) in [6.07, 6.45) is -7.21. The Morgan fingerprint density at radius 1 is 0.879 bits per heavy atom. The molecular weight excluding hydrogens is 759 g/mol. The average Bonchev–Trinajstić information content (AvgIpc) is 3.21. The van der Waals surface area contributed by atoms with Gasteiger partial charge in [0.25, 0.3) is 5.91 Å². The number of likely N-dealkylation sites (tertiary alicyclic amines) is 1. The van der Waals surface area contributed by atoms with E-state index in [1.54, 1.807) is 42.3 Å². The molecular formula is C46H50F6N2O4. The molecule has 310 valence electrons. The summed E-state index contributed by atoms with van der Waals surface area (Å²) in [5.41, 5.74) is 2.77. The maximum absolute atomic E-state index is 17.7. The highest BCUT2D eigenvalue weighted by atomic mass is 19.4. The number of fused-ring (bicyclic) bond motifs is 1. The molecule has 0 bridgehead atoms. The number of hydrogen-bond donors (Lipinski definition) is 1. The summed E-state index contributed by atoms with van der Waals surface area (Å²) in [6.45, 7) is 4.94. The van der Waals surface area contributed by atoms with Crippen LogP contribution in [0.1, 0.15) is 139 Å². The Morgan fingerprint density at radius 3 is 2.12 bits per heavy atom. The fraction of sp³-hybridized carbons (Fsp3) is 0.478. The number of ether oxygens (including phenoxy) is 2. The van der Waals surface area contributed by atoms with E-state index in [4.69, 9.17) is 14.5 Å². The summed E-state index contributed by atoms with van der Waals surface area (Å²) in [7, 11) is 1.58. The van der Waals surface area contributed by atoms with Crippen molar-refractivity contribution in [3.63, 3.8) is 0 Å². The SMILES string of the molecule is COc1ccc(CO[C@H]2CC(C)(C)Cc3nc(C4CCN(C(=O)C(O)c5ccccc5)CC4)c([C@@H](F)c4ccc(C(F)(F)F)cc4)c(C4CCC(F)(F)CC4)c32)cc1. The molecule has 4 aromatic rings. The number of methoxy groups -OCH3 is 1. The third kappa shape index (κ3) is 9.08. The van der Waals surface area contributed by atoms with Crippen LogP contribution in [-0.2, 0) is 28.7 Å². The molecule has 3 atom stereocenters.